The summed E-state index contributed by atoms with van der Waals surface area (Å²) in [5.41, 5.74) is 16.6. The van der Waals surface area contributed by atoms with Crippen LogP contribution >= 0.6 is 0 Å². The summed E-state index contributed by atoms with van der Waals surface area (Å²) in [6, 6.07) is 74.3. The topological polar surface area (TPSA) is 38.9 Å². The molecule has 3 nitrogen and oxygen atoms in total. The third-order valence-electron chi connectivity index (χ3n) is 13.6. The van der Waals surface area contributed by atoms with Gasteiger partial charge in [0, 0.05) is 38.3 Å². The van der Waals surface area contributed by atoms with E-state index in [4.69, 9.17) is 14.4 Å². The highest BCUT2D eigenvalue weighted by molar-refractivity contribution is 6.15. The van der Waals surface area contributed by atoms with E-state index in [1.54, 1.807) is 0 Å². The zero-order valence-electron chi connectivity index (χ0n) is 35.4. The normalized spacial score (nSPS) is 13.0. The summed E-state index contributed by atoms with van der Waals surface area (Å²) >= 11 is 0. The van der Waals surface area contributed by atoms with Gasteiger partial charge in [0.1, 0.15) is 11.2 Å². The van der Waals surface area contributed by atoms with E-state index in [0.29, 0.717) is 5.82 Å². The van der Waals surface area contributed by atoms with Crippen molar-refractivity contribution in [2.24, 2.45) is 0 Å². The molecule has 0 saturated heterocycles. The first-order valence-electron chi connectivity index (χ1n) is 22.0. The van der Waals surface area contributed by atoms with Gasteiger partial charge in [0.15, 0.2) is 5.82 Å². The molecule has 64 heavy (non-hydrogen) atoms. The first-order valence-corrected chi connectivity index (χ1v) is 22.0. The molecule has 0 atom stereocenters. The van der Waals surface area contributed by atoms with E-state index in [0.717, 1.165) is 60.8 Å². The smallest absolute Gasteiger partial charge is 0.160 e. The van der Waals surface area contributed by atoms with E-state index in [1.165, 1.54) is 66.1 Å². The average Bonchev–Trinajstić information content (AvgIpc) is 3.84. The second kappa shape index (κ2) is 13.9. The monoisotopic (exact) mass is 816 g/mol. The minimum absolute atomic E-state index is 0.149. The molecule has 0 saturated carbocycles. The van der Waals surface area contributed by atoms with Gasteiger partial charge in [0.05, 0.1) is 11.4 Å². The maximum absolute atomic E-state index is 6.38. The summed E-state index contributed by atoms with van der Waals surface area (Å²) in [7, 11) is 0. The Morgan fingerprint density at radius 1 is 0.359 bits per heavy atom. The molecule has 3 heteroatoms. The lowest BCUT2D eigenvalue weighted by Crippen LogP contribution is -2.14. The molecule has 0 unspecified atom stereocenters. The highest BCUT2D eigenvalue weighted by atomic mass is 16.3. The average molecular weight is 817 g/mol. The molecule has 0 radical (unpaired) electrons. The zero-order chi connectivity index (χ0) is 42.5. The van der Waals surface area contributed by atoms with Crippen molar-refractivity contribution in [2.45, 2.75) is 19.3 Å². The summed E-state index contributed by atoms with van der Waals surface area (Å²) in [5, 5.41) is 9.47. The second-order valence-electron chi connectivity index (χ2n) is 17.8. The van der Waals surface area contributed by atoms with Gasteiger partial charge in [-0.25, -0.2) is 9.97 Å². The highest BCUT2D eigenvalue weighted by Gasteiger charge is 2.37. The van der Waals surface area contributed by atoms with E-state index in [1.807, 2.05) is 6.07 Å². The minimum atomic E-state index is -0.149. The Morgan fingerprint density at radius 2 is 0.969 bits per heavy atom. The summed E-state index contributed by atoms with van der Waals surface area (Å²) in [6.07, 6.45) is 0. The fraction of sp³-hybridized carbons (Fsp3) is 0.0492. The Hall–Kier alpha value is -8.14. The Balaban J connectivity index is 0.857. The van der Waals surface area contributed by atoms with Gasteiger partial charge in [-0.15, -0.1) is 0 Å². The van der Waals surface area contributed by atoms with Crippen LogP contribution < -0.4 is 0 Å². The van der Waals surface area contributed by atoms with E-state index in [-0.39, 0.29) is 5.41 Å². The molecular formula is C61H40N2O. The predicted octanol–water partition coefficient (Wildman–Crippen LogP) is 16.5. The molecule has 1 aliphatic rings. The van der Waals surface area contributed by atoms with E-state index < -0.39 is 0 Å². The van der Waals surface area contributed by atoms with Gasteiger partial charge < -0.3 is 4.42 Å². The molecule has 0 bridgehead atoms. The molecule has 0 spiro atoms. The van der Waals surface area contributed by atoms with Gasteiger partial charge in [-0.2, -0.15) is 0 Å². The highest BCUT2D eigenvalue weighted by Crippen LogP contribution is 2.53. The van der Waals surface area contributed by atoms with Gasteiger partial charge in [0.25, 0.3) is 0 Å². The lowest BCUT2D eigenvalue weighted by molar-refractivity contribution is 0.661. The summed E-state index contributed by atoms with van der Waals surface area (Å²) < 4.78 is 6.38. The largest absolute Gasteiger partial charge is 0.455 e. The van der Waals surface area contributed by atoms with E-state index in [2.05, 4.69) is 214 Å². The molecule has 1 aliphatic carbocycles. The van der Waals surface area contributed by atoms with Crippen molar-refractivity contribution in [2.75, 3.05) is 0 Å². The lowest BCUT2D eigenvalue weighted by Gasteiger charge is -2.22. The molecular weight excluding hydrogens is 777 g/mol. The molecule has 12 aromatic rings. The second-order valence-corrected chi connectivity index (χ2v) is 17.8. The van der Waals surface area contributed by atoms with E-state index >= 15 is 0 Å². The molecule has 300 valence electrons. The zero-order valence-corrected chi connectivity index (χ0v) is 35.4. The molecule has 2 aromatic heterocycles. The van der Waals surface area contributed by atoms with Crippen molar-refractivity contribution in [1.29, 1.82) is 0 Å². The van der Waals surface area contributed by atoms with Crippen LogP contribution in [0.2, 0.25) is 0 Å². The molecule has 2 heterocycles. The number of hydrogen-bond acceptors (Lipinski definition) is 3. The maximum atomic E-state index is 6.38. The number of nitrogens with zero attached hydrogens (tertiary/aromatic N) is 2. The van der Waals surface area contributed by atoms with Gasteiger partial charge in [-0.05, 0) is 120 Å². The van der Waals surface area contributed by atoms with Crippen molar-refractivity contribution < 1.29 is 4.42 Å². The fourth-order valence-corrected chi connectivity index (χ4v) is 10.3. The number of benzene rings is 10. The first kappa shape index (κ1) is 36.5. The van der Waals surface area contributed by atoms with Gasteiger partial charge in [-0.3, -0.25) is 0 Å². The van der Waals surface area contributed by atoms with Crippen LogP contribution in [0.5, 0.6) is 0 Å². The number of furan rings is 1. The molecule has 10 aromatic carbocycles. The summed E-state index contributed by atoms with van der Waals surface area (Å²) in [4.78, 5) is 10.5. The van der Waals surface area contributed by atoms with Crippen molar-refractivity contribution in [3.63, 3.8) is 0 Å². The predicted molar refractivity (Wildman–Crippen MR) is 267 cm³/mol. The lowest BCUT2D eigenvalue weighted by atomic mass is 9.81. The quantitative estimate of drug-likeness (QED) is 0.174. The molecule has 0 amide bonds. The summed E-state index contributed by atoms with van der Waals surface area (Å²) in [6.45, 7) is 4.69. The van der Waals surface area contributed by atoms with Crippen LogP contribution in [0.1, 0.15) is 25.0 Å². The van der Waals surface area contributed by atoms with Crippen LogP contribution in [-0.2, 0) is 5.41 Å². The van der Waals surface area contributed by atoms with Crippen LogP contribution in [0.3, 0.4) is 0 Å². The number of fused-ring (bicyclic) bond motifs is 10. The third-order valence-corrected chi connectivity index (χ3v) is 13.6. The van der Waals surface area contributed by atoms with Gasteiger partial charge >= 0.3 is 0 Å². The standard InChI is InChI=1S/C61H40N2O/c1-61(2)53-18-10-17-50(58(53)52-34-41-14-6-7-15-42(41)35-54(52)61)56-36-55(62-60(63-56)40-12-4-3-5-13-40)47-26-25-44-31-43(23-24-45(44)32-47)37-19-21-38(22-20-37)46-28-30-57-51(33-46)49-29-27-39-11-8-9-16-48(39)59(49)64-57/h3-36H,1-2H3. The summed E-state index contributed by atoms with van der Waals surface area (Å²) in [5.74, 6) is 0.715. The van der Waals surface area contributed by atoms with Gasteiger partial charge in [-0.1, -0.05) is 172 Å². The van der Waals surface area contributed by atoms with Gasteiger partial charge in [0.2, 0.25) is 0 Å². The Labute approximate surface area is 371 Å². The van der Waals surface area contributed by atoms with Crippen molar-refractivity contribution >= 4 is 54.3 Å². The van der Waals surface area contributed by atoms with E-state index in [9.17, 15) is 0 Å². The molecule has 0 aliphatic heterocycles. The van der Waals surface area contributed by atoms with Crippen LogP contribution in [0.4, 0.5) is 0 Å². The van der Waals surface area contributed by atoms with Crippen molar-refractivity contribution in [3.8, 4) is 67.3 Å². The third kappa shape index (κ3) is 5.74. The molecule has 13 rings (SSSR count). The molecule has 0 N–H and O–H groups in total. The SMILES string of the molecule is CC1(C)c2cc3ccccc3cc2-c2c(-c3cc(-c4ccc5cc(-c6ccc(-c7ccc8oc9c%10ccccc%10ccc9c8c7)cc6)ccc5c4)nc(-c4ccccc4)n3)cccc21. The Kier molecular flexibility index (Phi) is 7.95. The first-order chi connectivity index (χ1) is 31.4. The van der Waals surface area contributed by atoms with Crippen molar-refractivity contribution in [3.05, 3.63) is 217 Å². The number of rotatable bonds is 5. The van der Waals surface area contributed by atoms with Crippen LogP contribution in [-0.4, -0.2) is 9.97 Å². The van der Waals surface area contributed by atoms with Crippen LogP contribution in [0.25, 0.3) is 122 Å². The Bertz CT molecular complexity index is 3860. The van der Waals surface area contributed by atoms with Crippen LogP contribution in [0.15, 0.2) is 211 Å². The number of hydrogen-bond donors (Lipinski definition) is 0. The maximum Gasteiger partial charge on any atom is 0.160 e. The van der Waals surface area contributed by atoms with Crippen molar-refractivity contribution in [1.82, 2.24) is 9.97 Å². The molecule has 0 fully saturated rings. The number of aromatic nitrogens is 2. The Morgan fingerprint density at radius 3 is 1.77 bits per heavy atom. The minimum Gasteiger partial charge on any atom is -0.455 e. The fourth-order valence-electron chi connectivity index (χ4n) is 10.3. The van der Waals surface area contributed by atoms with Crippen LogP contribution in [0, 0.1) is 0 Å².